The molecule has 0 aromatic heterocycles. The fourth-order valence-electron chi connectivity index (χ4n) is 2.15. The summed E-state index contributed by atoms with van der Waals surface area (Å²) in [5, 5.41) is 0. The van der Waals surface area contributed by atoms with Gasteiger partial charge in [0.15, 0.2) is 0 Å². The van der Waals surface area contributed by atoms with Crippen molar-refractivity contribution in [3.05, 3.63) is 34.1 Å². The number of nitrogens with zero attached hydrogens (tertiary/aromatic N) is 1. The highest BCUT2D eigenvalue weighted by Gasteiger charge is 2.40. The van der Waals surface area contributed by atoms with Crippen molar-refractivity contribution in [2.45, 2.75) is 13.3 Å². The normalized spacial score (nSPS) is 22.6. The third kappa shape index (κ3) is 2.63. The van der Waals surface area contributed by atoms with E-state index in [9.17, 15) is 14.0 Å². The molecule has 1 atom stereocenters. The van der Waals surface area contributed by atoms with E-state index in [1.165, 1.54) is 17.0 Å². The molecule has 0 bridgehead atoms. The minimum atomic E-state index is -0.691. The number of rotatable bonds is 2. The van der Waals surface area contributed by atoms with Crippen LogP contribution < -0.4 is 5.73 Å². The molecule has 1 unspecified atom stereocenters. The van der Waals surface area contributed by atoms with E-state index in [1.54, 1.807) is 13.0 Å². The van der Waals surface area contributed by atoms with Crippen LogP contribution in [0.3, 0.4) is 0 Å². The first kappa shape index (κ1) is 14.0. The number of hydrogen-bond donors (Lipinski definition) is 1. The van der Waals surface area contributed by atoms with Gasteiger partial charge in [-0.05, 0) is 47.5 Å². The summed E-state index contributed by atoms with van der Waals surface area (Å²) in [5.41, 5.74) is 4.92. The van der Waals surface area contributed by atoms with Crippen LogP contribution in [-0.4, -0.2) is 29.8 Å². The first-order chi connectivity index (χ1) is 8.83. The molecule has 102 valence electrons. The lowest BCUT2D eigenvalue weighted by Gasteiger charge is -2.21. The lowest BCUT2D eigenvalue weighted by Crippen LogP contribution is -2.38. The van der Waals surface area contributed by atoms with Gasteiger partial charge in [0, 0.05) is 18.7 Å². The molecule has 1 heterocycles. The van der Waals surface area contributed by atoms with Crippen molar-refractivity contribution in [2.24, 2.45) is 11.1 Å². The van der Waals surface area contributed by atoms with Crippen LogP contribution in [-0.2, 0) is 4.79 Å². The van der Waals surface area contributed by atoms with Gasteiger partial charge < -0.3 is 10.6 Å². The number of likely N-dealkylation sites (tertiary alicyclic amines) is 1. The first-order valence-electron chi connectivity index (χ1n) is 5.88. The fourth-order valence-corrected chi connectivity index (χ4v) is 2.39. The summed E-state index contributed by atoms with van der Waals surface area (Å²) in [6.07, 6.45) is 0.535. The Kier molecular flexibility index (Phi) is 3.62. The summed E-state index contributed by atoms with van der Waals surface area (Å²) in [4.78, 5) is 25.1. The molecule has 1 aliphatic heterocycles. The predicted octanol–water partition coefficient (Wildman–Crippen LogP) is 1.93. The molecule has 1 aromatic carbocycles. The van der Waals surface area contributed by atoms with Crippen molar-refractivity contribution in [1.29, 1.82) is 0 Å². The highest BCUT2D eigenvalue weighted by Crippen LogP contribution is 2.30. The van der Waals surface area contributed by atoms with Gasteiger partial charge in [-0.15, -0.1) is 0 Å². The van der Waals surface area contributed by atoms with Crippen LogP contribution in [0.25, 0.3) is 0 Å². The number of hydrogen-bond acceptors (Lipinski definition) is 2. The fraction of sp³-hybridized carbons (Fsp3) is 0.385. The molecule has 4 nitrogen and oxygen atoms in total. The Morgan fingerprint density at radius 3 is 2.68 bits per heavy atom. The topological polar surface area (TPSA) is 63.4 Å². The van der Waals surface area contributed by atoms with E-state index in [0.717, 1.165) is 0 Å². The van der Waals surface area contributed by atoms with E-state index in [1.807, 2.05) is 0 Å². The van der Waals surface area contributed by atoms with Crippen LogP contribution in [0.15, 0.2) is 22.7 Å². The monoisotopic (exact) mass is 328 g/mol. The molecule has 0 spiro atoms. The van der Waals surface area contributed by atoms with Crippen LogP contribution in [0.2, 0.25) is 0 Å². The number of amides is 2. The molecule has 1 fully saturated rings. The Hall–Kier alpha value is -1.43. The second-order valence-corrected chi connectivity index (χ2v) is 5.88. The van der Waals surface area contributed by atoms with Crippen molar-refractivity contribution in [3.63, 3.8) is 0 Å². The average Bonchev–Trinajstić information content (AvgIpc) is 2.76. The number of benzene rings is 1. The maximum atomic E-state index is 13.4. The molecular weight excluding hydrogens is 315 g/mol. The maximum Gasteiger partial charge on any atom is 0.253 e. The van der Waals surface area contributed by atoms with Gasteiger partial charge in [0.25, 0.3) is 5.91 Å². The van der Waals surface area contributed by atoms with E-state index >= 15 is 0 Å². The number of carbonyl (C=O) groups excluding carboxylic acids is 2. The summed E-state index contributed by atoms with van der Waals surface area (Å²) in [5.74, 6) is -1.18. The second-order valence-electron chi connectivity index (χ2n) is 5.03. The second kappa shape index (κ2) is 4.92. The number of nitrogens with two attached hydrogens (primary N) is 1. The van der Waals surface area contributed by atoms with Gasteiger partial charge in [0.05, 0.1) is 9.89 Å². The molecule has 1 saturated heterocycles. The van der Waals surface area contributed by atoms with Crippen molar-refractivity contribution in [2.75, 3.05) is 13.1 Å². The molecule has 2 rings (SSSR count). The summed E-state index contributed by atoms with van der Waals surface area (Å²) in [6, 6.07) is 4.23. The van der Waals surface area contributed by atoms with Crippen molar-refractivity contribution >= 4 is 27.7 Å². The smallest absolute Gasteiger partial charge is 0.253 e. The molecule has 19 heavy (non-hydrogen) atoms. The van der Waals surface area contributed by atoms with Gasteiger partial charge in [0.2, 0.25) is 5.91 Å². The van der Waals surface area contributed by atoms with Crippen LogP contribution >= 0.6 is 15.9 Å². The largest absolute Gasteiger partial charge is 0.369 e. The lowest BCUT2D eigenvalue weighted by atomic mass is 9.89. The standard InChI is InChI=1S/C13H14BrFN2O2/c1-13(12(16)19)4-5-17(7-13)11(18)8-2-3-9(14)10(15)6-8/h2-3,6H,4-5,7H2,1H3,(H2,16,19). The van der Waals surface area contributed by atoms with Crippen molar-refractivity contribution in [1.82, 2.24) is 4.90 Å². The lowest BCUT2D eigenvalue weighted by molar-refractivity contribution is -0.126. The van der Waals surface area contributed by atoms with Crippen LogP contribution in [0, 0.1) is 11.2 Å². The number of primary amides is 1. The molecule has 1 aliphatic rings. The number of carbonyl (C=O) groups is 2. The highest BCUT2D eigenvalue weighted by molar-refractivity contribution is 9.10. The predicted molar refractivity (Wildman–Crippen MR) is 71.9 cm³/mol. The minimum absolute atomic E-state index is 0.273. The van der Waals surface area contributed by atoms with Gasteiger partial charge in [0.1, 0.15) is 5.82 Å². The summed E-state index contributed by atoms with van der Waals surface area (Å²) in [7, 11) is 0. The Morgan fingerprint density at radius 1 is 1.47 bits per heavy atom. The Bertz CT molecular complexity index is 549. The van der Waals surface area contributed by atoms with Gasteiger partial charge in [-0.1, -0.05) is 0 Å². The summed E-state index contributed by atoms with van der Waals surface area (Å²) in [6.45, 7) is 2.47. The van der Waals surface area contributed by atoms with Crippen molar-refractivity contribution in [3.8, 4) is 0 Å². The molecule has 2 N–H and O–H groups in total. The van der Waals surface area contributed by atoms with Gasteiger partial charge >= 0.3 is 0 Å². The molecule has 2 amide bonds. The number of halogens is 2. The molecule has 0 aliphatic carbocycles. The molecule has 0 saturated carbocycles. The van der Waals surface area contributed by atoms with Crippen LogP contribution in [0.4, 0.5) is 4.39 Å². The van der Waals surface area contributed by atoms with Crippen LogP contribution in [0.5, 0.6) is 0 Å². The van der Waals surface area contributed by atoms with E-state index in [-0.39, 0.29) is 18.0 Å². The van der Waals surface area contributed by atoms with E-state index in [4.69, 9.17) is 5.73 Å². The minimum Gasteiger partial charge on any atom is -0.369 e. The Morgan fingerprint density at radius 2 is 2.16 bits per heavy atom. The van der Waals surface area contributed by atoms with E-state index in [0.29, 0.717) is 17.4 Å². The van der Waals surface area contributed by atoms with Gasteiger partial charge in [-0.25, -0.2) is 4.39 Å². The van der Waals surface area contributed by atoms with Crippen LogP contribution in [0.1, 0.15) is 23.7 Å². The average molecular weight is 329 g/mol. The first-order valence-corrected chi connectivity index (χ1v) is 6.67. The van der Waals surface area contributed by atoms with Crippen molar-refractivity contribution < 1.29 is 14.0 Å². The quantitative estimate of drug-likeness (QED) is 0.901. The van der Waals surface area contributed by atoms with Gasteiger partial charge in [-0.2, -0.15) is 0 Å². The summed E-state index contributed by atoms with van der Waals surface area (Å²) < 4.78 is 13.7. The Balaban J connectivity index is 2.18. The third-order valence-electron chi connectivity index (χ3n) is 3.52. The maximum absolute atomic E-state index is 13.4. The molecule has 0 radical (unpaired) electrons. The SMILES string of the molecule is CC1(C(N)=O)CCN(C(=O)c2ccc(Br)c(F)c2)C1. The Labute approximate surface area is 118 Å². The summed E-state index contributed by atoms with van der Waals surface area (Å²) >= 11 is 3.04. The zero-order valence-corrected chi connectivity index (χ0v) is 12.0. The zero-order chi connectivity index (χ0) is 14.2. The highest BCUT2D eigenvalue weighted by atomic mass is 79.9. The molecular formula is C13H14BrFN2O2. The van der Waals surface area contributed by atoms with E-state index < -0.39 is 17.1 Å². The molecule has 6 heteroatoms. The van der Waals surface area contributed by atoms with E-state index in [2.05, 4.69) is 15.9 Å². The zero-order valence-electron chi connectivity index (χ0n) is 10.5. The molecule has 1 aromatic rings. The van der Waals surface area contributed by atoms with Gasteiger partial charge in [-0.3, -0.25) is 9.59 Å². The third-order valence-corrected chi connectivity index (χ3v) is 4.17.